The molecular formula is C49H52F6O7S2. The zero-order chi connectivity index (χ0) is 45.4. The number of ether oxygens (including phenoxy) is 5. The fourth-order valence-electron chi connectivity index (χ4n) is 7.76. The van der Waals surface area contributed by atoms with E-state index in [1.807, 2.05) is 36.4 Å². The van der Waals surface area contributed by atoms with Gasteiger partial charge in [0.15, 0.2) is 16.7 Å². The van der Waals surface area contributed by atoms with Crippen molar-refractivity contribution in [1.29, 1.82) is 0 Å². The number of halogens is 6. The molecule has 0 radical (unpaired) electrons. The van der Waals surface area contributed by atoms with Crippen LogP contribution in [0.1, 0.15) is 73.4 Å². The molecular weight excluding hydrogens is 879 g/mol. The number of rotatable bonds is 20. The third-order valence-corrected chi connectivity index (χ3v) is 14.1. The van der Waals surface area contributed by atoms with Crippen molar-refractivity contribution in [3.05, 3.63) is 126 Å². The molecule has 0 amide bonds. The van der Waals surface area contributed by atoms with Gasteiger partial charge < -0.3 is 23.7 Å². The van der Waals surface area contributed by atoms with Crippen LogP contribution in [0.25, 0.3) is 10.8 Å². The van der Waals surface area contributed by atoms with E-state index in [4.69, 9.17) is 23.7 Å². The van der Waals surface area contributed by atoms with Gasteiger partial charge in [0.25, 0.3) is 0 Å². The summed E-state index contributed by atoms with van der Waals surface area (Å²) in [6, 6.07) is 25.8. The Labute approximate surface area is 373 Å². The molecule has 344 valence electrons. The molecule has 5 aromatic carbocycles. The van der Waals surface area contributed by atoms with Crippen LogP contribution in [-0.4, -0.2) is 50.7 Å². The first-order valence-corrected chi connectivity index (χ1v) is 24.3. The lowest BCUT2D eigenvalue weighted by Crippen LogP contribution is -2.45. The fourth-order valence-corrected chi connectivity index (χ4v) is 9.49. The fraction of sp³-hybridized carbons (Fsp3) is 0.388. The van der Waals surface area contributed by atoms with Crippen molar-refractivity contribution in [1.82, 2.24) is 0 Å². The van der Waals surface area contributed by atoms with Gasteiger partial charge in [0, 0.05) is 28.2 Å². The Bertz CT molecular complexity index is 2400. The summed E-state index contributed by atoms with van der Waals surface area (Å²) >= 11 is 0.579. The second-order valence-electron chi connectivity index (χ2n) is 16.8. The zero-order valence-corrected chi connectivity index (χ0v) is 37.2. The van der Waals surface area contributed by atoms with E-state index in [0.717, 1.165) is 62.7 Å². The van der Waals surface area contributed by atoms with Gasteiger partial charge in [-0.2, -0.15) is 0 Å². The number of carbonyl (C=O) groups excluding carboxylic acids is 2. The number of aryl methyl sites for hydroxylation is 2. The van der Waals surface area contributed by atoms with Crippen LogP contribution in [0.5, 0.6) is 17.2 Å². The number of benzene rings is 5. The van der Waals surface area contributed by atoms with E-state index in [-0.39, 0.29) is 38.6 Å². The Kier molecular flexibility index (Phi) is 14.3. The highest BCUT2D eigenvalue weighted by molar-refractivity contribution is 8.45. The average Bonchev–Trinajstić information content (AvgIpc) is 3.26. The molecule has 64 heavy (non-hydrogen) atoms. The van der Waals surface area contributed by atoms with Crippen molar-refractivity contribution < 1.29 is 57.1 Å². The maximum Gasteiger partial charge on any atom is 0.343 e. The van der Waals surface area contributed by atoms with Crippen molar-refractivity contribution in [2.45, 2.75) is 74.5 Å². The van der Waals surface area contributed by atoms with Gasteiger partial charge >= 0.3 is 16.2 Å². The number of hydrogen-bond acceptors (Lipinski definition) is 8. The summed E-state index contributed by atoms with van der Waals surface area (Å²) in [5, 5.41) is 0.702. The lowest BCUT2D eigenvalue weighted by Gasteiger charge is -2.40. The van der Waals surface area contributed by atoms with Gasteiger partial charge in [-0.15, -0.1) is 0 Å². The number of thioether (sulfide) groups is 1. The Hall–Kier alpha value is -4.70. The van der Waals surface area contributed by atoms with Crippen LogP contribution in [0.15, 0.2) is 113 Å². The summed E-state index contributed by atoms with van der Waals surface area (Å²) in [6.07, 6.45) is 6.67. The van der Waals surface area contributed by atoms with Crippen molar-refractivity contribution >= 4 is 43.8 Å². The molecule has 5 aromatic rings. The largest absolute Gasteiger partial charge is 0.494 e. The van der Waals surface area contributed by atoms with Gasteiger partial charge in [0.1, 0.15) is 16.4 Å². The predicted octanol–water partition coefficient (Wildman–Crippen LogP) is 13.7. The lowest BCUT2D eigenvalue weighted by atomic mass is 9.83. The highest BCUT2D eigenvalue weighted by atomic mass is 32.5. The quantitative estimate of drug-likeness (QED) is 0.0251. The molecule has 1 aliphatic heterocycles. The van der Waals surface area contributed by atoms with Crippen molar-refractivity contribution in [2.75, 3.05) is 39.6 Å². The molecule has 7 rings (SSSR count). The smallest absolute Gasteiger partial charge is 0.343 e. The predicted molar refractivity (Wildman–Crippen MR) is 238 cm³/mol. The molecule has 1 heterocycles. The number of carbonyl (C=O) groups is 2. The first kappa shape index (κ1) is 47.3. The molecule has 0 bridgehead atoms. The van der Waals surface area contributed by atoms with E-state index in [0.29, 0.717) is 98.1 Å². The molecule has 7 nitrogen and oxygen atoms in total. The van der Waals surface area contributed by atoms with Crippen LogP contribution in [0, 0.1) is 23.1 Å². The number of unbranched alkanes of at least 4 members (excludes halogenated alkanes) is 1. The Morgan fingerprint density at radius 1 is 0.766 bits per heavy atom. The number of fused-ring (bicyclic) bond motifs is 1. The second-order valence-corrected chi connectivity index (χ2v) is 20.3. The van der Waals surface area contributed by atoms with Gasteiger partial charge in [0.2, 0.25) is 0 Å². The first-order valence-electron chi connectivity index (χ1n) is 21.6. The van der Waals surface area contributed by atoms with E-state index in [1.54, 1.807) is 36.4 Å². The van der Waals surface area contributed by atoms with Gasteiger partial charge in [-0.05, 0) is 141 Å². The van der Waals surface area contributed by atoms with Gasteiger partial charge in [0.05, 0.1) is 38.6 Å². The van der Waals surface area contributed by atoms with Crippen LogP contribution in [0.4, 0.5) is 23.8 Å². The Morgan fingerprint density at radius 2 is 1.44 bits per heavy atom. The normalized spacial score (nSPS) is 18.4. The average molecular weight is 931 g/mol. The van der Waals surface area contributed by atoms with Gasteiger partial charge in [-0.25, -0.2) is 9.18 Å². The summed E-state index contributed by atoms with van der Waals surface area (Å²) < 4.78 is 110. The van der Waals surface area contributed by atoms with E-state index in [9.17, 15) is 29.0 Å². The van der Waals surface area contributed by atoms with Gasteiger partial charge in [-0.3, -0.25) is 4.79 Å². The molecule has 0 spiro atoms. The van der Waals surface area contributed by atoms with Crippen LogP contribution >= 0.6 is 22.0 Å². The highest BCUT2D eigenvalue weighted by Crippen LogP contribution is 3.02. The minimum absolute atomic E-state index is 0.150. The summed E-state index contributed by atoms with van der Waals surface area (Å²) in [6.45, 7) is 6.05. The SMILES string of the molecule is CCC1(COCCCCOc2ccc(C(=O)Oc3ccc4cc(CCc5ccc(OCC6CCC(C(=O)Sc7cccc(S(F)(F)(F)(F)F)c7)CC6)cc5)ccc4c3F)cc2)COC1. The number of hydrogen-bond donors (Lipinski definition) is 0. The molecule has 2 fully saturated rings. The highest BCUT2D eigenvalue weighted by Gasteiger charge is 2.65. The minimum atomic E-state index is -9.83. The molecule has 15 heteroatoms. The van der Waals surface area contributed by atoms with E-state index in [2.05, 4.69) is 6.92 Å². The van der Waals surface area contributed by atoms with Crippen LogP contribution in [-0.2, 0) is 27.1 Å². The Morgan fingerprint density at radius 3 is 2.12 bits per heavy atom. The topological polar surface area (TPSA) is 80.3 Å². The second kappa shape index (κ2) is 19.4. The summed E-state index contributed by atoms with van der Waals surface area (Å²) in [4.78, 5) is 23.6. The van der Waals surface area contributed by atoms with Crippen LogP contribution in [0.2, 0.25) is 0 Å². The van der Waals surface area contributed by atoms with Crippen molar-refractivity contribution in [2.24, 2.45) is 17.3 Å². The molecule has 1 aliphatic carbocycles. The maximum absolute atomic E-state index is 15.6. The third kappa shape index (κ3) is 12.8. The maximum atomic E-state index is 15.6. The molecule has 1 saturated carbocycles. The van der Waals surface area contributed by atoms with Crippen LogP contribution < -0.4 is 14.2 Å². The van der Waals surface area contributed by atoms with E-state index in [1.165, 1.54) is 12.1 Å². The Balaban J connectivity index is 0.805. The first-order chi connectivity index (χ1) is 30.5. The van der Waals surface area contributed by atoms with E-state index >= 15 is 4.39 Å². The van der Waals surface area contributed by atoms with E-state index < -0.39 is 26.9 Å². The van der Waals surface area contributed by atoms with Crippen LogP contribution in [0.3, 0.4) is 0 Å². The zero-order valence-electron chi connectivity index (χ0n) is 35.5. The molecule has 1 saturated heterocycles. The standard InChI is InChI=1S/C49H52F6O7S2/c1-2-49(32-59-33-49)31-58-26-3-4-27-60-40-22-17-37(18-23-40)47(56)62-45-25-19-39-28-35(14-24-44(39)46(45)50)9-8-34-12-20-41(21-13-34)61-30-36-10-15-38(16-11-36)48(57)63-42-6-5-7-43(29-42)64(51,52,53,54)55/h5-7,12-14,17-25,28-29,36,38H,2-4,8-11,15-16,26-27,30-33H2,1H3. The van der Waals surface area contributed by atoms with Crippen molar-refractivity contribution in [3.8, 4) is 17.2 Å². The summed E-state index contributed by atoms with van der Waals surface area (Å²) in [7, 11) is -9.83. The van der Waals surface area contributed by atoms with Gasteiger partial charge in [-0.1, -0.05) is 80.6 Å². The third-order valence-electron chi connectivity index (χ3n) is 12.0. The molecule has 0 N–H and O–H groups in total. The molecule has 0 aromatic heterocycles. The minimum Gasteiger partial charge on any atom is -0.494 e. The summed E-state index contributed by atoms with van der Waals surface area (Å²) in [5.74, 6) is -0.294. The molecule has 0 atom stereocenters. The number of esters is 1. The van der Waals surface area contributed by atoms with Crippen molar-refractivity contribution in [3.63, 3.8) is 0 Å². The molecule has 0 unspecified atom stereocenters. The monoisotopic (exact) mass is 930 g/mol. The summed E-state index contributed by atoms with van der Waals surface area (Å²) in [5.41, 5.74) is 2.56. The lowest BCUT2D eigenvalue weighted by molar-refractivity contribution is -0.150. The molecule has 2 aliphatic rings.